The highest BCUT2D eigenvalue weighted by molar-refractivity contribution is 7.90. The van der Waals surface area contributed by atoms with Crippen molar-refractivity contribution in [1.29, 1.82) is 0 Å². The predicted octanol–water partition coefficient (Wildman–Crippen LogP) is 5.90. The van der Waals surface area contributed by atoms with Gasteiger partial charge in [0.2, 0.25) is 5.82 Å². The molecule has 6 aromatic rings. The Morgan fingerprint density at radius 1 is 0.780 bits per heavy atom. The minimum Gasteiger partial charge on any atom is -0.399 e. The third kappa shape index (κ3) is 5.62. The molecule has 2 heterocycles. The van der Waals surface area contributed by atoms with Gasteiger partial charge in [-0.1, -0.05) is 65.8 Å². The molecule has 3 N–H and O–H groups in total. The van der Waals surface area contributed by atoms with Crippen LogP contribution in [0.1, 0.15) is 10.4 Å². The largest absolute Gasteiger partial charge is 0.399 e. The topological polar surface area (TPSA) is 141 Å². The van der Waals surface area contributed by atoms with E-state index in [1.165, 1.54) is 36.4 Å². The van der Waals surface area contributed by atoms with E-state index in [9.17, 15) is 13.2 Å². The van der Waals surface area contributed by atoms with Crippen molar-refractivity contribution in [3.8, 4) is 44.7 Å². The second-order valence-electron chi connectivity index (χ2n) is 8.99. The number of benzene rings is 4. The highest BCUT2D eigenvalue weighted by Gasteiger charge is 2.20. The average Bonchev–Trinajstić information content (AvgIpc) is 3.69. The molecule has 0 aliphatic rings. The number of nitrogen functional groups attached to an aromatic ring is 1. The summed E-state index contributed by atoms with van der Waals surface area (Å²) in [6.45, 7) is 0. The zero-order valence-corrected chi connectivity index (χ0v) is 22.9. The van der Waals surface area contributed by atoms with Crippen LogP contribution < -0.4 is 10.5 Å². The average molecular weight is 580 g/mol. The predicted molar refractivity (Wildman–Crippen MR) is 157 cm³/mol. The molecule has 2 aromatic heterocycles. The number of nitrogens with two attached hydrogens (primary N) is 1. The highest BCUT2D eigenvalue weighted by atomic mass is 32.2. The molecule has 0 fully saturated rings. The van der Waals surface area contributed by atoms with Crippen LogP contribution in [0.3, 0.4) is 0 Å². The number of thiazole rings is 1. The monoisotopic (exact) mass is 579 g/mol. The summed E-state index contributed by atoms with van der Waals surface area (Å²) in [6, 6.07) is 29.5. The number of hydrogen-bond acceptors (Lipinski definition) is 9. The molecule has 0 saturated carbocycles. The van der Waals surface area contributed by atoms with E-state index in [0.29, 0.717) is 17.1 Å². The molecule has 0 spiro atoms. The zero-order chi connectivity index (χ0) is 28.4. The maximum atomic E-state index is 12.8. The number of nitrogens with zero attached hydrogens (tertiary/aromatic N) is 3. The normalized spacial score (nSPS) is 11.3. The van der Waals surface area contributed by atoms with Gasteiger partial charge in [0.15, 0.2) is 0 Å². The second-order valence-corrected chi connectivity index (χ2v) is 11.5. The van der Waals surface area contributed by atoms with Gasteiger partial charge in [0.1, 0.15) is 5.01 Å². The molecule has 0 unspecified atom stereocenters. The van der Waals surface area contributed by atoms with Crippen molar-refractivity contribution < 1.29 is 17.7 Å². The molecule has 41 heavy (non-hydrogen) atoms. The first-order valence-corrected chi connectivity index (χ1v) is 14.7. The van der Waals surface area contributed by atoms with Crippen molar-refractivity contribution in [1.82, 2.24) is 19.8 Å². The fourth-order valence-electron chi connectivity index (χ4n) is 4.05. The highest BCUT2D eigenvalue weighted by Crippen LogP contribution is 2.30. The molecule has 0 aliphatic heterocycles. The Balaban J connectivity index is 1.18. The Morgan fingerprint density at radius 2 is 1.49 bits per heavy atom. The minimum atomic E-state index is -4.08. The molecule has 0 bridgehead atoms. The van der Waals surface area contributed by atoms with Gasteiger partial charge in [-0.3, -0.25) is 4.79 Å². The van der Waals surface area contributed by atoms with Gasteiger partial charge in [-0.15, -0.1) is 11.3 Å². The van der Waals surface area contributed by atoms with Gasteiger partial charge >= 0.3 is 0 Å². The van der Waals surface area contributed by atoms with Crippen molar-refractivity contribution in [2.45, 2.75) is 4.90 Å². The third-order valence-electron chi connectivity index (χ3n) is 6.18. The number of aromatic nitrogens is 3. The van der Waals surface area contributed by atoms with Gasteiger partial charge in [0.05, 0.1) is 10.6 Å². The summed E-state index contributed by atoms with van der Waals surface area (Å²) in [5.41, 5.74) is 10.3. The quantitative estimate of drug-likeness (QED) is 0.223. The van der Waals surface area contributed by atoms with Gasteiger partial charge < -0.3 is 10.3 Å². The van der Waals surface area contributed by atoms with Gasteiger partial charge in [-0.05, 0) is 42.5 Å². The Morgan fingerprint density at radius 3 is 2.24 bits per heavy atom. The molecule has 0 atom stereocenters. The number of rotatable bonds is 7. The number of carbonyl (C=O) groups is 1. The fourth-order valence-corrected chi connectivity index (χ4v) is 5.86. The molecule has 4 aromatic carbocycles. The molecule has 0 saturated heterocycles. The Bertz CT molecular complexity index is 1950. The van der Waals surface area contributed by atoms with E-state index in [4.69, 9.17) is 15.2 Å². The molecule has 11 heteroatoms. The summed E-state index contributed by atoms with van der Waals surface area (Å²) >= 11 is 1.59. The number of hydrogen-bond donors (Lipinski definition) is 2. The molecule has 1 amide bonds. The second kappa shape index (κ2) is 10.8. The van der Waals surface area contributed by atoms with E-state index in [1.54, 1.807) is 23.5 Å². The number of amides is 1. The minimum absolute atomic E-state index is 0.0739. The Labute approximate surface area is 239 Å². The SMILES string of the molecule is Nc1ccc(S(=O)(=O)NC(=O)c2cccc(-c3nc(-c4ccc(-c5csc(-c6ccccc6)n5)cc4)no3)c2)cc1. The maximum Gasteiger partial charge on any atom is 0.265 e. The van der Waals surface area contributed by atoms with Crippen LogP contribution in [0.2, 0.25) is 0 Å². The van der Waals surface area contributed by atoms with Crippen LogP contribution in [0.4, 0.5) is 5.69 Å². The van der Waals surface area contributed by atoms with E-state index in [0.717, 1.165) is 27.4 Å². The lowest BCUT2D eigenvalue weighted by Crippen LogP contribution is -2.30. The van der Waals surface area contributed by atoms with Crippen LogP contribution in [-0.4, -0.2) is 29.4 Å². The molecule has 0 aliphatic carbocycles. The number of carbonyl (C=O) groups excluding carboxylic acids is 1. The van der Waals surface area contributed by atoms with Crippen LogP contribution in [0.15, 0.2) is 118 Å². The first-order chi connectivity index (χ1) is 19.9. The summed E-state index contributed by atoms with van der Waals surface area (Å²) in [6.07, 6.45) is 0. The molecule has 202 valence electrons. The lowest BCUT2D eigenvalue weighted by molar-refractivity contribution is 0.0981. The molecule has 9 nitrogen and oxygen atoms in total. The Kier molecular flexibility index (Phi) is 6.88. The summed E-state index contributed by atoms with van der Waals surface area (Å²) in [7, 11) is -4.08. The summed E-state index contributed by atoms with van der Waals surface area (Å²) in [4.78, 5) is 21.9. The van der Waals surface area contributed by atoms with E-state index >= 15 is 0 Å². The fraction of sp³-hybridized carbons (Fsp3) is 0. The maximum absolute atomic E-state index is 12.8. The summed E-state index contributed by atoms with van der Waals surface area (Å²) < 4.78 is 32.7. The lowest BCUT2D eigenvalue weighted by atomic mass is 10.1. The van der Waals surface area contributed by atoms with Crippen LogP contribution in [0, 0.1) is 0 Å². The zero-order valence-electron chi connectivity index (χ0n) is 21.3. The van der Waals surface area contributed by atoms with E-state index in [-0.39, 0.29) is 16.3 Å². The first-order valence-electron chi connectivity index (χ1n) is 12.3. The van der Waals surface area contributed by atoms with Crippen molar-refractivity contribution in [3.63, 3.8) is 0 Å². The summed E-state index contributed by atoms with van der Waals surface area (Å²) in [5, 5.41) is 7.06. The van der Waals surface area contributed by atoms with Gasteiger partial charge in [-0.25, -0.2) is 18.1 Å². The number of anilines is 1. The van der Waals surface area contributed by atoms with Crippen molar-refractivity contribution in [3.05, 3.63) is 114 Å². The Hall–Kier alpha value is -5.13. The standard InChI is InChI=1S/C30H21N5O4S2/c31-24-13-15-25(16-14-24)41(37,38)35-28(36)22-7-4-8-23(17-22)29-33-27(34-39-29)20-11-9-19(10-12-20)26-18-40-30(32-26)21-5-2-1-3-6-21/h1-18H,31H2,(H,35,36). The molecular formula is C30H21N5O4S2. The van der Waals surface area contributed by atoms with Crippen molar-refractivity contribution in [2.24, 2.45) is 0 Å². The van der Waals surface area contributed by atoms with Crippen LogP contribution in [-0.2, 0) is 10.0 Å². The number of sulfonamides is 1. The molecule has 0 radical (unpaired) electrons. The number of nitrogens with one attached hydrogen (secondary N) is 1. The van der Waals surface area contributed by atoms with Gasteiger partial charge in [-0.2, -0.15) is 4.98 Å². The van der Waals surface area contributed by atoms with E-state index in [2.05, 4.69) is 14.9 Å². The third-order valence-corrected chi connectivity index (χ3v) is 8.42. The van der Waals surface area contributed by atoms with E-state index in [1.807, 2.05) is 60.0 Å². The smallest absolute Gasteiger partial charge is 0.265 e. The van der Waals surface area contributed by atoms with Crippen LogP contribution in [0.25, 0.3) is 44.7 Å². The van der Waals surface area contributed by atoms with Crippen LogP contribution >= 0.6 is 11.3 Å². The van der Waals surface area contributed by atoms with Crippen LogP contribution in [0.5, 0.6) is 0 Å². The lowest BCUT2D eigenvalue weighted by Gasteiger charge is -2.07. The van der Waals surface area contributed by atoms with Gasteiger partial charge in [0.25, 0.3) is 21.8 Å². The summed E-state index contributed by atoms with van der Waals surface area (Å²) in [5.74, 6) is -0.237. The van der Waals surface area contributed by atoms with Crippen molar-refractivity contribution in [2.75, 3.05) is 5.73 Å². The van der Waals surface area contributed by atoms with Crippen molar-refractivity contribution >= 4 is 33.0 Å². The van der Waals surface area contributed by atoms with Gasteiger partial charge in [0, 0.05) is 38.9 Å². The molecular weight excluding hydrogens is 558 g/mol. The molecule has 6 rings (SSSR count). The first kappa shape index (κ1) is 26.1. The van der Waals surface area contributed by atoms with E-state index < -0.39 is 15.9 Å².